The van der Waals surface area contributed by atoms with Crippen LogP contribution in [0.1, 0.15) is 6.92 Å². The zero-order chi connectivity index (χ0) is 10.6. The van der Waals surface area contributed by atoms with Crippen LogP contribution in [-0.2, 0) is 9.84 Å². The van der Waals surface area contributed by atoms with Crippen molar-refractivity contribution in [2.75, 3.05) is 5.75 Å². The van der Waals surface area contributed by atoms with Crippen LogP contribution in [0.3, 0.4) is 0 Å². The van der Waals surface area contributed by atoms with Crippen LogP contribution in [0.5, 0.6) is 0 Å². The van der Waals surface area contributed by atoms with E-state index in [0.717, 1.165) is 0 Å². The highest BCUT2D eigenvalue weighted by Gasteiger charge is 2.15. The van der Waals surface area contributed by atoms with Gasteiger partial charge in [0, 0.05) is 0 Å². The molecular weight excluding hydrogens is 202 g/mol. The van der Waals surface area contributed by atoms with Gasteiger partial charge in [-0.2, -0.15) is 0 Å². The van der Waals surface area contributed by atoms with Gasteiger partial charge in [0.25, 0.3) is 0 Å². The molecular formula is C9H11NO3S. The summed E-state index contributed by atoms with van der Waals surface area (Å²) in [7, 11) is -3.36. The summed E-state index contributed by atoms with van der Waals surface area (Å²) in [6.45, 7) is 1.46. The monoisotopic (exact) mass is 213 g/mol. The summed E-state index contributed by atoms with van der Waals surface area (Å²) < 4.78 is 23.2. The molecule has 0 bridgehead atoms. The highest BCUT2D eigenvalue weighted by Crippen LogP contribution is 2.09. The Morgan fingerprint density at radius 2 is 1.93 bits per heavy atom. The molecule has 4 nitrogen and oxygen atoms in total. The molecule has 0 aliphatic carbocycles. The Kier molecular flexibility index (Phi) is 3.24. The molecule has 0 unspecified atom stereocenters. The second-order valence-corrected chi connectivity index (χ2v) is 4.90. The van der Waals surface area contributed by atoms with Crippen LogP contribution in [0.4, 0.5) is 0 Å². The van der Waals surface area contributed by atoms with Crippen LogP contribution >= 0.6 is 0 Å². The fourth-order valence-electron chi connectivity index (χ4n) is 1.02. The molecule has 5 heteroatoms. The first kappa shape index (κ1) is 10.7. The summed E-state index contributed by atoms with van der Waals surface area (Å²) in [5.41, 5.74) is 0.175. The highest BCUT2D eigenvalue weighted by atomic mass is 32.2. The van der Waals surface area contributed by atoms with Gasteiger partial charge in [0.1, 0.15) is 0 Å². The smallest absolute Gasteiger partial charge is 0.183 e. The van der Waals surface area contributed by atoms with Crippen molar-refractivity contribution in [3.63, 3.8) is 0 Å². The third-order valence-corrected chi connectivity index (χ3v) is 3.46. The number of oxime groups is 1. The minimum atomic E-state index is -3.36. The lowest BCUT2D eigenvalue weighted by Crippen LogP contribution is -2.13. The Labute approximate surface area is 82.8 Å². The summed E-state index contributed by atoms with van der Waals surface area (Å²) in [4.78, 5) is 0.239. The minimum absolute atomic E-state index is 0.175. The summed E-state index contributed by atoms with van der Waals surface area (Å²) in [6.07, 6.45) is 0. The van der Waals surface area contributed by atoms with E-state index in [2.05, 4.69) is 5.16 Å². The molecule has 0 radical (unpaired) electrons. The fourth-order valence-corrected chi connectivity index (χ4v) is 2.36. The van der Waals surface area contributed by atoms with Crippen LogP contribution < -0.4 is 0 Å². The molecule has 76 valence electrons. The van der Waals surface area contributed by atoms with Gasteiger partial charge >= 0.3 is 0 Å². The molecule has 0 aliphatic heterocycles. The summed E-state index contributed by atoms with van der Waals surface area (Å²) >= 11 is 0. The highest BCUT2D eigenvalue weighted by molar-refractivity contribution is 7.92. The Morgan fingerprint density at radius 1 is 1.36 bits per heavy atom. The lowest BCUT2D eigenvalue weighted by Gasteiger charge is -2.01. The average molecular weight is 213 g/mol. The molecule has 0 heterocycles. The molecule has 1 rings (SSSR count). The number of nitrogens with zero attached hydrogens (tertiary/aromatic N) is 1. The lowest BCUT2D eigenvalue weighted by molar-refractivity contribution is 0.318. The number of benzene rings is 1. The van der Waals surface area contributed by atoms with Crippen LogP contribution in [0, 0.1) is 0 Å². The van der Waals surface area contributed by atoms with Gasteiger partial charge in [-0.3, -0.25) is 0 Å². The van der Waals surface area contributed by atoms with E-state index in [1.54, 1.807) is 18.2 Å². The molecule has 0 atom stereocenters. The van der Waals surface area contributed by atoms with Gasteiger partial charge in [0.2, 0.25) is 0 Å². The molecule has 0 amide bonds. The fraction of sp³-hybridized carbons (Fsp3) is 0.222. The van der Waals surface area contributed by atoms with Crippen LogP contribution in [0.2, 0.25) is 0 Å². The van der Waals surface area contributed by atoms with Gasteiger partial charge in [-0.15, -0.1) is 0 Å². The molecule has 1 N–H and O–H groups in total. The van der Waals surface area contributed by atoms with Gasteiger partial charge in [-0.05, 0) is 19.1 Å². The van der Waals surface area contributed by atoms with Crippen molar-refractivity contribution in [3.8, 4) is 0 Å². The van der Waals surface area contributed by atoms with Gasteiger partial charge < -0.3 is 5.21 Å². The zero-order valence-corrected chi connectivity index (χ0v) is 8.53. The topological polar surface area (TPSA) is 66.7 Å². The Morgan fingerprint density at radius 3 is 2.43 bits per heavy atom. The standard InChI is InChI=1S/C9H11NO3S/c1-8(10-11)7-14(12,13)9-5-3-2-4-6-9/h2-6,11H,7H2,1H3/b10-8-. The third-order valence-electron chi connectivity index (χ3n) is 1.67. The maximum absolute atomic E-state index is 11.6. The normalized spacial score (nSPS) is 12.8. The quantitative estimate of drug-likeness (QED) is 0.467. The Hall–Kier alpha value is -1.36. The molecule has 0 saturated heterocycles. The summed E-state index contributed by atoms with van der Waals surface area (Å²) in [5.74, 6) is -0.256. The molecule has 0 fully saturated rings. The predicted molar refractivity (Wildman–Crippen MR) is 53.4 cm³/mol. The molecule has 0 aliphatic rings. The van der Waals surface area contributed by atoms with Crippen molar-refractivity contribution < 1.29 is 13.6 Å². The van der Waals surface area contributed by atoms with Gasteiger partial charge in [-0.1, -0.05) is 23.4 Å². The first-order chi connectivity index (χ1) is 6.56. The molecule has 0 saturated carbocycles. The van der Waals surface area contributed by atoms with E-state index in [0.29, 0.717) is 0 Å². The molecule has 0 aromatic heterocycles. The number of hydrogen-bond acceptors (Lipinski definition) is 4. The van der Waals surface area contributed by atoms with Gasteiger partial charge in [0.05, 0.1) is 16.4 Å². The van der Waals surface area contributed by atoms with Crippen LogP contribution in [-0.4, -0.2) is 25.1 Å². The number of hydrogen-bond donors (Lipinski definition) is 1. The molecule has 1 aromatic carbocycles. The number of rotatable bonds is 3. The van der Waals surface area contributed by atoms with Crippen LogP contribution in [0.15, 0.2) is 40.4 Å². The molecule has 14 heavy (non-hydrogen) atoms. The van der Waals surface area contributed by atoms with E-state index >= 15 is 0 Å². The first-order valence-corrected chi connectivity index (χ1v) is 5.67. The van der Waals surface area contributed by atoms with E-state index in [1.807, 2.05) is 0 Å². The Bertz CT molecular complexity index is 423. The van der Waals surface area contributed by atoms with Gasteiger partial charge in [-0.25, -0.2) is 8.42 Å². The number of sulfone groups is 1. The lowest BCUT2D eigenvalue weighted by atomic mass is 10.4. The van der Waals surface area contributed by atoms with Crippen molar-refractivity contribution in [1.82, 2.24) is 0 Å². The SMILES string of the molecule is C/C(CS(=O)(=O)c1ccccc1)=N/O. The van der Waals surface area contributed by atoms with Crippen molar-refractivity contribution in [2.24, 2.45) is 5.16 Å². The maximum atomic E-state index is 11.6. The third kappa shape index (κ3) is 2.56. The van der Waals surface area contributed by atoms with Crippen molar-refractivity contribution in [1.29, 1.82) is 0 Å². The zero-order valence-electron chi connectivity index (χ0n) is 7.71. The second-order valence-electron chi connectivity index (χ2n) is 2.91. The van der Waals surface area contributed by atoms with Crippen molar-refractivity contribution in [3.05, 3.63) is 30.3 Å². The van der Waals surface area contributed by atoms with Crippen molar-refractivity contribution >= 4 is 15.5 Å². The molecule has 0 spiro atoms. The molecule has 1 aromatic rings. The Balaban J connectivity index is 2.99. The largest absolute Gasteiger partial charge is 0.411 e. The van der Waals surface area contributed by atoms with E-state index in [-0.39, 0.29) is 16.4 Å². The van der Waals surface area contributed by atoms with E-state index in [1.165, 1.54) is 19.1 Å². The average Bonchev–Trinajstić information content (AvgIpc) is 2.18. The van der Waals surface area contributed by atoms with Gasteiger partial charge in [0.15, 0.2) is 9.84 Å². The summed E-state index contributed by atoms with van der Waals surface area (Å²) in [5, 5.41) is 11.2. The van der Waals surface area contributed by atoms with E-state index in [4.69, 9.17) is 5.21 Å². The first-order valence-electron chi connectivity index (χ1n) is 4.01. The second kappa shape index (κ2) is 4.23. The van der Waals surface area contributed by atoms with Crippen LogP contribution in [0.25, 0.3) is 0 Å². The maximum Gasteiger partial charge on any atom is 0.183 e. The van der Waals surface area contributed by atoms with E-state index < -0.39 is 9.84 Å². The van der Waals surface area contributed by atoms with E-state index in [9.17, 15) is 8.42 Å². The predicted octanol–water partition coefficient (Wildman–Crippen LogP) is 1.31. The van der Waals surface area contributed by atoms with Crippen molar-refractivity contribution in [2.45, 2.75) is 11.8 Å². The minimum Gasteiger partial charge on any atom is -0.411 e. The summed E-state index contributed by atoms with van der Waals surface area (Å²) in [6, 6.07) is 8.07.